The van der Waals surface area contributed by atoms with Crippen molar-refractivity contribution in [2.75, 3.05) is 31.8 Å². The number of pyridine rings is 1. The molecule has 1 atom stereocenters. The van der Waals surface area contributed by atoms with Crippen molar-refractivity contribution in [2.24, 2.45) is 0 Å². The number of rotatable bonds is 6. The molecule has 1 saturated heterocycles. The lowest BCUT2D eigenvalue weighted by molar-refractivity contribution is -0.0721. The molecule has 2 aliphatic heterocycles. The highest BCUT2D eigenvalue weighted by molar-refractivity contribution is 7.17. The number of nitrogens with zero attached hydrogens (tertiary/aromatic N) is 4. The molecule has 0 unspecified atom stereocenters. The topological polar surface area (TPSA) is 69.6 Å². The number of ether oxygens (including phenoxy) is 3. The molecular weight excluding hydrogens is 388 g/mol. The Bertz CT molecular complexity index is 894. The van der Waals surface area contributed by atoms with Gasteiger partial charge in [0.1, 0.15) is 17.5 Å². The van der Waals surface area contributed by atoms with Crippen molar-refractivity contribution >= 4 is 33.6 Å². The number of allylic oxidation sites excluding steroid dienone is 3. The van der Waals surface area contributed by atoms with Crippen LogP contribution in [0.25, 0.3) is 5.57 Å². The third-order valence-electron chi connectivity index (χ3n) is 4.46. The second-order valence-electron chi connectivity index (χ2n) is 6.21. The van der Waals surface area contributed by atoms with Crippen molar-refractivity contribution in [3.05, 3.63) is 40.8 Å². The second-order valence-corrected chi connectivity index (χ2v) is 7.51. The van der Waals surface area contributed by atoms with Gasteiger partial charge in [-0.2, -0.15) is 0 Å². The Morgan fingerprint density at radius 2 is 2.26 bits per heavy atom. The number of hydrogen-bond acceptors (Lipinski definition) is 8. The zero-order valence-corrected chi connectivity index (χ0v) is 16.6. The molecule has 27 heavy (non-hydrogen) atoms. The lowest BCUT2D eigenvalue weighted by Gasteiger charge is -2.26. The van der Waals surface area contributed by atoms with Crippen LogP contribution in [0.1, 0.15) is 18.9 Å². The number of methoxy groups -OCH3 is 1. The summed E-state index contributed by atoms with van der Waals surface area (Å²) in [5.74, 6) is 0.688. The smallest absolute Gasteiger partial charge is 0.295 e. The van der Waals surface area contributed by atoms with Crippen LogP contribution in [0.3, 0.4) is 0 Å². The zero-order valence-electron chi connectivity index (χ0n) is 15.0. The summed E-state index contributed by atoms with van der Waals surface area (Å²) < 4.78 is 16.4. The Kier molecular flexibility index (Phi) is 5.29. The second kappa shape index (κ2) is 7.84. The van der Waals surface area contributed by atoms with Crippen molar-refractivity contribution in [1.82, 2.24) is 15.2 Å². The van der Waals surface area contributed by atoms with E-state index in [2.05, 4.69) is 32.2 Å². The first-order valence-electron chi connectivity index (χ1n) is 8.58. The lowest BCUT2D eigenvalue weighted by Crippen LogP contribution is -2.32. The van der Waals surface area contributed by atoms with Gasteiger partial charge in [-0.05, 0) is 36.0 Å². The van der Waals surface area contributed by atoms with Gasteiger partial charge in [0.15, 0.2) is 0 Å². The van der Waals surface area contributed by atoms with Gasteiger partial charge in [0.25, 0.3) is 5.19 Å². The number of anilines is 1. The molecule has 2 aliphatic rings. The van der Waals surface area contributed by atoms with Crippen molar-refractivity contribution in [1.29, 1.82) is 0 Å². The van der Waals surface area contributed by atoms with Crippen LogP contribution in [0.4, 0.5) is 5.13 Å². The summed E-state index contributed by atoms with van der Waals surface area (Å²) in [7, 11) is 1.62. The molecule has 4 rings (SSSR count). The van der Waals surface area contributed by atoms with Gasteiger partial charge in [-0.1, -0.05) is 22.8 Å². The highest BCUT2D eigenvalue weighted by Crippen LogP contribution is 2.35. The van der Waals surface area contributed by atoms with E-state index in [0.29, 0.717) is 29.2 Å². The first kappa shape index (κ1) is 18.2. The SMILES string of the molecule is COc1cnc(Cl)cc1C1=CCN(c2nnc(OC[C@@H]3CCO3)s2)C(C)=C1. The Morgan fingerprint density at radius 3 is 2.96 bits per heavy atom. The van der Waals surface area contributed by atoms with E-state index < -0.39 is 0 Å². The monoisotopic (exact) mass is 406 g/mol. The van der Waals surface area contributed by atoms with E-state index in [1.54, 1.807) is 13.3 Å². The van der Waals surface area contributed by atoms with Gasteiger partial charge in [0, 0.05) is 30.8 Å². The fourth-order valence-corrected chi connectivity index (χ4v) is 3.80. The van der Waals surface area contributed by atoms with Crippen LogP contribution >= 0.6 is 22.9 Å². The molecule has 2 aromatic rings. The average molecular weight is 407 g/mol. The van der Waals surface area contributed by atoms with Crippen LogP contribution < -0.4 is 14.4 Å². The number of hydrogen-bond donors (Lipinski definition) is 0. The molecule has 9 heteroatoms. The van der Waals surface area contributed by atoms with Crippen LogP contribution in [-0.4, -0.2) is 48.2 Å². The summed E-state index contributed by atoms with van der Waals surface area (Å²) in [6.07, 6.45) is 7.03. The Hall–Kier alpha value is -2.16. The molecule has 0 saturated carbocycles. The minimum absolute atomic E-state index is 0.182. The van der Waals surface area contributed by atoms with Crippen molar-refractivity contribution < 1.29 is 14.2 Å². The average Bonchev–Trinajstić information content (AvgIpc) is 3.09. The highest BCUT2D eigenvalue weighted by atomic mass is 35.5. The summed E-state index contributed by atoms with van der Waals surface area (Å²) in [5.41, 5.74) is 3.00. The van der Waals surface area contributed by atoms with Crippen LogP contribution in [0.5, 0.6) is 10.9 Å². The third kappa shape index (κ3) is 3.92. The van der Waals surface area contributed by atoms with E-state index in [1.807, 2.05) is 13.0 Å². The van der Waals surface area contributed by atoms with Gasteiger partial charge in [-0.3, -0.25) is 0 Å². The van der Waals surface area contributed by atoms with Crippen molar-refractivity contribution in [3.63, 3.8) is 0 Å². The van der Waals surface area contributed by atoms with Crippen LogP contribution in [0, 0.1) is 0 Å². The van der Waals surface area contributed by atoms with E-state index in [0.717, 1.165) is 35.0 Å². The summed E-state index contributed by atoms with van der Waals surface area (Å²) in [5, 5.41) is 10.2. The molecule has 0 bridgehead atoms. The van der Waals surface area contributed by atoms with E-state index in [9.17, 15) is 0 Å². The molecule has 2 aromatic heterocycles. The molecular formula is C18H19ClN4O3S. The van der Waals surface area contributed by atoms with E-state index in [4.69, 9.17) is 25.8 Å². The van der Waals surface area contributed by atoms with Crippen molar-refractivity contribution in [3.8, 4) is 10.9 Å². The normalized spacial score (nSPS) is 19.2. The quantitative estimate of drug-likeness (QED) is 0.679. The van der Waals surface area contributed by atoms with Crippen LogP contribution in [0.2, 0.25) is 5.15 Å². The molecule has 0 radical (unpaired) electrons. The summed E-state index contributed by atoms with van der Waals surface area (Å²) in [6.45, 7) is 4.04. The van der Waals surface area contributed by atoms with E-state index >= 15 is 0 Å². The van der Waals surface area contributed by atoms with Gasteiger partial charge in [0.05, 0.1) is 19.4 Å². The molecule has 0 aliphatic carbocycles. The van der Waals surface area contributed by atoms with Gasteiger partial charge in [-0.25, -0.2) is 4.98 Å². The molecule has 0 aromatic carbocycles. The predicted molar refractivity (Wildman–Crippen MR) is 105 cm³/mol. The Morgan fingerprint density at radius 1 is 1.41 bits per heavy atom. The van der Waals surface area contributed by atoms with Crippen molar-refractivity contribution in [2.45, 2.75) is 19.4 Å². The van der Waals surface area contributed by atoms with Gasteiger partial charge < -0.3 is 19.1 Å². The molecule has 7 nitrogen and oxygen atoms in total. The molecule has 142 valence electrons. The van der Waals surface area contributed by atoms with E-state index in [-0.39, 0.29) is 6.10 Å². The predicted octanol–water partition coefficient (Wildman–Crippen LogP) is 3.57. The number of halogens is 1. The maximum absolute atomic E-state index is 6.06. The Labute approximate surface area is 166 Å². The standard InChI is InChI=1S/C18H19ClN4O3S/c1-11-7-12(14-8-16(19)20-9-15(14)24-2)3-5-23(11)17-21-22-18(27-17)26-10-13-4-6-25-13/h3,7-9,13H,4-6,10H2,1-2H3/t13-/m0/s1. The molecule has 1 fully saturated rings. The molecule has 0 amide bonds. The fourth-order valence-electron chi connectivity index (χ4n) is 2.87. The maximum Gasteiger partial charge on any atom is 0.295 e. The Balaban J connectivity index is 1.48. The van der Waals surface area contributed by atoms with Gasteiger partial charge in [-0.15, -0.1) is 5.10 Å². The third-order valence-corrected chi connectivity index (χ3v) is 5.53. The summed E-state index contributed by atoms with van der Waals surface area (Å²) >= 11 is 7.49. The molecule has 0 spiro atoms. The number of aromatic nitrogens is 3. The fraction of sp³-hybridized carbons (Fsp3) is 0.389. The zero-order chi connectivity index (χ0) is 18.8. The lowest BCUT2D eigenvalue weighted by atomic mass is 10.0. The summed E-state index contributed by atoms with van der Waals surface area (Å²) in [6, 6.07) is 1.81. The van der Waals surface area contributed by atoms with E-state index in [1.165, 1.54) is 11.3 Å². The highest BCUT2D eigenvalue weighted by Gasteiger charge is 2.22. The van der Waals surface area contributed by atoms with Crippen LogP contribution in [0.15, 0.2) is 30.1 Å². The van der Waals surface area contributed by atoms with Gasteiger partial charge >= 0.3 is 0 Å². The minimum Gasteiger partial charge on any atom is -0.494 e. The van der Waals surface area contributed by atoms with Gasteiger partial charge in [0.2, 0.25) is 5.13 Å². The first-order chi connectivity index (χ1) is 13.1. The molecule has 0 N–H and O–H groups in total. The minimum atomic E-state index is 0.182. The summed E-state index contributed by atoms with van der Waals surface area (Å²) in [4.78, 5) is 6.16. The van der Waals surface area contributed by atoms with Crippen LogP contribution in [-0.2, 0) is 4.74 Å². The molecule has 4 heterocycles. The maximum atomic E-state index is 6.06. The largest absolute Gasteiger partial charge is 0.494 e. The first-order valence-corrected chi connectivity index (χ1v) is 9.77.